The highest BCUT2D eigenvalue weighted by atomic mass is 32.2. The van der Waals surface area contributed by atoms with Crippen LogP contribution in [-0.2, 0) is 10.0 Å². The Morgan fingerprint density at radius 2 is 2.00 bits per heavy atom. The molecule has 0 unspecified atom stereocenters. The van der Waals surface area contributed by atoms with E-state index in [1.807, 2.05) is 0 Å². The van der Waals surface area contributed by atoms with Crippen LogP contribution in [0.15, 0.2) is 0 Å². The molecule has 0 fully saturated rings. The summed E-state index contributed by atoms with van der Waals surface area (Å²) in [6.07, 6.45) is 0.764. The molecule has 0 aliphatic heterocycles. The summed E-state index contributed by atoms with van der Waals surface area (Å²) >= 11 is 0. The van der Waals surface area contributed by atoms with Gasteiger partial charge in [0.25, 0.3) is 5.92 Å². The fourth-order valence-electron chi connectivity index (χ4n) is 0.293. The Bertz CT molecular complexity index is 213. The molecule has 0 aliphatic carbocycles. The van der Waals surface area contributed by atoms with Crippen LogP contribution in [0.3, 0.4) is 0 Å². The van der Waals surface area contributed by atoms with Crippen molar-refractivity contribution in [1.29, 1.82) is 0 Å². The van der Waals surface area contributed by atoms with Gasteiger partial charge in [-0.1, -0.05) is 0 Å². The monoisotopic (exact) mass is 189 g/mol. The van der Waals surface area contributed by atoms with Crippen LogP contribution in [0.2, 0.25) is 0 Å². The second kappa shape index (κ2) is 3.42. The highest BCUT2D eigenvalue weighted by Crippen LogP contribution is 2.09. The predicted octanol–water partition coefficient (Wildman–Crippen LogP) is -0.837. The van der Waals surface area contributed by atoms with Crippen molar-refractivity contribution in [1.82, 2.24) is 4.72 Å². The number of alkyl halides is 2. The molecule has 0 atom stereocenters. The summed E-state index contributed by atoms with van der Waals surface area (Å²) in [4.78, 5) is 0. The number of aliphatic hydroxyl groups is 1. The lowest BCUT2D eigenvalue weighted by atomic mass is 10.4. The topological polar surface area (TPSA) is 66.4 Å². The predicted molar refractivity (Wildman–Crippen MR) is 34.9 cm³/mol. The van der Waals surface area contributed by atoms with Crippen molar-refractivity contribution < 1.29 is 22.3 Å². The molecule has 0 bridgehead atoms. The number of nitrogens with one attached hydrogen (secondary N) is 1. The first kappa shape index (κ1) is 10.7. The van der Waals surface area contributed by atoms with Gasteiger partial charge < -0.3 is 5.11 Å². The minimum atomic E-state index is -3.61. The first-order chi connectivity index (χ1) is 4.77. The van der Waals surface area contributed by atoms with E-state index in [0.717, 1.165) is 6.26 Å². The lowest BCUT2D eigenvalue weighted by molar-refractivity contribution is -0.0436. The lowest BCUT2D eigenvalue weighted by Crippen LogP contribution is -2.38. The number of halogens is 2. The first-order valence-electron chi connectivity index (χ1n) is 2.70. The molecule has 68 valence electrons. The third-order valence-corrected chi connectivity index (χ3v) is 1.49. The molecule has 0 rings (SSSR count). The maximum absolute atomic E-state index is 12.1. The third kappa shape index (κ3) is 6.14. The Labute approximate surface area is 63.3 Å². The van der Waals surface area contributed by atoms with Gasteiger partial charge in [0.1, 0.15) is 6.61 Å². The Morgan fingerprint density at radius 3 is 2.27 bits per heavy atom. The third-order valence-electron chi connectivity index (χ3n) is 0.824. The van der Waals surface area contributed by atoms with Gasteiger partial charge in [0.2, 0.25) is 10.0 Å². The molecule has 2 N–H and O–H groups in total. The fourth-order valence-corrected chi connectivity index (χ4v) is 0.766. The van der Waals surface area contributed by atoms with Gasteiger partial charge in [-0.15, -0.1) is 0 Å². The Hall–Kier alpha value is -0.270. The number of aliphatic hydroxyl groups excluding tert-OH is 1. The van der Waals surface area contributed by atoms with Crippen LogP contribution in [-0.4, -0.2) is 38.9 Å². The molecule has 4 nitrogen and oxygen atoms in total. The van der Waals surface area contributed by atoms with E-state index in [0.29, 0.717) is 0 Å². The minimum absolute atomic E-state index is 0.764. The molecule has 0 aromatic rings. The summed E-state index contributed by atoms with van der Waals surface area (Å²) in [7, 11) is -3.61. The van der Waals surface area contributed by atoms with Gasteiger partial charge in [-0.05, 0) is 0 Å². The molecule has 0 amide bonds. The number of hydrogen-bond donors (Lipinski definition) is 2. The van der Waals surface area contributed by atoms with E-state index >= 15 is 0 Å². The van der Waals surface area contributed by atoms with Gasteiger partial charge in [0, 0.05) is 0 Å². The van der Waals surface area contributed by atoms with E-state index in [1.54, 1.807) is 4.72 Å². The summed E-state index contributed by atoms with van der Waals surface area (Å²) in [5.41, 5.74) is 0. The van der Waals surface area contributed by atoms with Crippen LogP contribution in [0.1, 0.15) is 0 Å². The molecule has 0 spiro atoms. The fraction of sp³-hybridized carbons (Fsp3) is 1.00. The maximum atomic E-state index is 12.1. The van der Waals surface area contributed by atoms with Crippen LogP contribution in [0.4, 0.5) is 8.78 Å². The highest BCUT2D eigenvalue weighted by molar-refractivity contribution is 7.88. The van der Waals surface area contributed by atoms with Crippen molar-refractivity contribution in [2.45, 2.75) is 5.92 Å². The summed E-state index contributed by atoms with van der Waals surface area (Å²) in [5, 5.41) is 8.01. The second-order valence-corrected chi connectivity index (χ2v) is 3.94. The quantitative estimate of drug-likeness (QED) is 0.606. The van der Waals surface area contributed by atoms with Crippen LogP contribution in [0, 0.1) is 0 Å². The summed E-state index contributed by atoms with van der Waals surface area (Å²) in [6, 6.07) is 0. The minimum Gasteiger partial charge on any atom is -0.390 e. The van der Waals surface area contributed by atoms with Gasteiger partial charge in [-0.2, -0.15) is 0 Å². The lowest BCUT2D eigenvalue weighted by Gasteiger charge is -2.12. The summed E-state index contributed by atoms with van der Waals surface area (Å²) in [6.45, 7) is -2.43. The molecule has 7 heteroatoms. The number of hydrogen-bond acceptors (Lipinski definition) is 3. The molecular weight excluding hydrogens is 180 g/mol. The average molecular weight is 189 g/mol. The van der Waals surface area contributed by atoms with E-state index in [1.165, 1.54) is 0 Å². The zero-order chi connectivity index (χ0) is 9.12. The Kier molecular flexibility index (Phi) is 3.33. The van der Waals surface area contributed by atoms with E-state index in [-0.39, 0.29) is 0 Å². The van der Waals surface area contributed by atoms with Crippen molar-refractivity contribution in [2.24, 2.45) is 0 Å². The molecule has 0 radical (unpaired) electrons. The van der Waals surface area contributed by atoms with Crippen molar-refractivity contribution in [3.05, 3.63) is 0 Å². The van der Waals surface area contributed by atoms with Crippen LogP contribution in [0.25, 0.3) is 0 Å². The van der Waals surface area contributed by atoms with Crippen molar-refractivity contribution in [3.63, 3.8) is 0 Å². The van der Waals surface area contributed by atoms with Gasteiger partial charge in [0.15, 0.2) is 0 Å². The normalized spacial score (nSPS) is 13.5. The van der Waals surface area contributed by atoms with Crippen LogP contribution < -0.4 is 4.72 Å². The van der Waals surface area contributed by atoms with Gasteiger partial charge in [-0.25, -0.2) is 21.9 Å². The van der Waals surface area contributed by atoms with Crippen molar-refractivity contribution in [2.75, 3.05) is 19.4 Å². The molecule has 0 aliphatic rings. The van der Waals surface area contributed by atoms with Gasteiger partial charge in [-0.3, -0.25) is 0 Å². The number of sulfonamides is 1. The highest BCUT2D eigenvalue weighted by Gasteiger charge is 2.28. The largest absolute Gasteiger partial charge is 0.390 e. The Morgan fingerprint density at radius 1 is 1.55 bits per heavy atom. The van der Waals surface area contributed by atoms with Crippen LogP contribution in [0.5, 0.6) is 0 Å². The van der Waals surface area contributed by atoms with Crippen molar-refractivity contribution >= 4 is 10.0 Å². The molecule has 0 saturated carbocycles. The standard InChI is InChI=1S/C4H9F2NO3S/c1-11(9,10)7-2-4(5,6)3-8/h7-8H,2-3H2,1H3. The molecule has 0 aromatic heterocycles. The zero-order valence-electron chi connectivity index (χ0n) is 5.84. The molecule has 0 heterocycles. The van der Waals surface area contributed by atoms with Gasteiger partial charge >= 0.3 is 0 Å². The van der Waals surface area contributed by atoms with E-state index in [4.69, 9.17) is 5.11 Å². The van der Waals surface area contributed by atoms with E-state index < -0.39 is 29.1 Å². The van der Waals surface area contributed by atoms with E-state index in [9.17, 15) is 17.2 Å². The maximum Gasteiger partial charge on any atom is 0.283 e. The Balaban J connectivity index is 3.90. The van der Waals surface area contributed by atoms with E-state index in [2.05, 4.69) is 0 Å². The van der Waals surface area contributed by atoms with Crippen LogP contribution >= 0.6 is 0 Å². The molecular formula is C4H9F2NO3S. The summed E-state index contributed by atoms with van der Waals surface area (Å²) < 4.78 is 46.3. The average Bonchev–Trinajstić information content (AvgIpc) is 1.83. The smallest absolute Gasteiger partial charge is 0.283 e. The summed E-state index contributed by atoms with van der Waals surface area (Å²) in [5.74, 6) is -3.39. The molecule has 11 heavy (non-hydrogen) atoms. The second-order valence-electron chi connectivity index (χ2n) is 2.11. The van der Waals surface area contributed by atoms with Gasteiger partial charge in [0.05, 0.1) is 12.8 Å². The van der Waals surface area contributed by atoms with Crippen molar-refractivity contribution in [3.8, 4) is 0 Å². The molecule has 0 aromatic carbocycles. The number of rotatable bonds is 4. The molecule has 0 saturated heterocycles. The SMILES string of the molecule is CS(=O)(=O)NCC(F)(F)CO. The zero-order valence-corrected chi connectivity index (χ0v) is 6.66. The first-order valence-corrected chi connectivity index (χ1v) is 4.59.